The maximum atomic E-state index is 8.92. The zero-order valence-corrected chi connectivity index (χ0v) is 12.9. The normalized spacial score (nSPS) is 24.0. The van der Waals surface area contributed by atoms with Gasteiger partial charge in [0.1, 0.15) is 0 Å². The maximum Gasteiger partial charge on any atom is 0.0955 e. The molecule has 0 aromatic heterocycles. The first kappa shape index (κ1) is 15.5. The quantitative estimate of drug-likeness (QED) is 0.840. The van der Waals surface area contributed by atoms with Gasteiger partial charge in [0, 0.05) is 19.2 Å². The number of nitrogens with zero attached hydrogens (tertiary/aromatic N) is 1. The fourth-order valence-electron chi connectivity index (χ4n) is 2.84. The second-order valence-electron chi connectivity index (χ2n) is 5.96. The lowest BCUT2D eigenvalue weighted by Crippen LogP contribution is -2.45. The van der Waals surface area contributed by atoms with Gasteiger partial charge in [0.2, 0.25) is 0 Å². The van der Waals surface area contributed by atoms with E-state index in [1.165, 1.54) is 16.7 Å². The van der Waals surface area contributed by atoms with Gasteiger partial charge in [0.15, 0.2) is 0 Å². The monoisotopic (exact) mass is 277 g/mol. The van der Waals surface area contributed by atoms with Crippen molar-refractivity contribution in [3.63, 3.8) is 0 Å². The van der Waals surface area contributed by atoms with Crippen LogP contribution in [0.15, 0.2) is 18.2 Å². The Hall–Kier alpha value is -0.900. The summed E-state index contributed by atoms with van der Waals surface area (Å²) in [5.41, 5.74) is 3.93. The SMILES string of the molecule is Cc1ccc(C)c(C2CN(CCCCO)C(C)CO2)c1. The van der Waals surface area contributed by atoms with Crippen molar-refractivity contribution in [3.8, 4) is 0 Å². The molecule has 0 bridgehead atoms. The molecule has 2 atom stereocenters. The smallest absolute Gasteiger partial charge is 0.0955 e. The van der Waals surface area contributed by atoms with Crippen molar-refractivity contribution >= 4 is 0 Å². The summed E-state index contributed by atoms with van der Waals surface area (Å²) in [6.45, 7) is 9.59. The minimum absolute atomic E-state index is 0.181. The summed E-state index contributed by atoms with van der Waals surface area (Å²) in [4.78, 5) is 2.49. The molecule has 2 unspecified atom stereocenters. The van der Waals surface area contributed by atoms with Crippen molar-refractivity contribution in [3.05, 3.63) is 34.9 Å². The van der Waals surface area contributed by atoms with E-state index in [0.717, 1.165) is 32.5 Å². The van der Waals surface area contributed by atoms with E-state index in [2.05, 4.69) is 43.9 Å². The van der Waals surface area contributed by atoms with E-state index in [-0.39, 0.29) is 6.10 Å². The fourth-order valence-corrected chi connectivity index (χ4v) is 2.84. The van der Waals surface area contributed by atoms with Gasteiger partial charge in [0.05, 0.1) is 12.7 Å². The molecule has 1 heterocycles. The average Bonchev–Trinajstić information content (AvgIpc) is 2.44. The minimum atomic E-state index is 0.181. The van der Waals surface area contributed by atoms with Crippen LogP contribution in [0.2, 0.25) is 0 Å². The summed E-state index contributed by atoms with van der Waals surface area (Å²) < 4.78 is 6.06. The van der Waals surface area contributed by atoms with Gasteiger partial charge in [-0.2, -0.15) is 0 Å². The molecule has 2 rings (SSSR count). The van der Waals surface area contributed by atoms with Gasteiger partial charge >= 0.3 is 0 Å². The summed E-state index contributed by atoms with van der Waals surface area (Å²) in [5.74, 6) is 0. The first-order valence-corrected chi connectivity index (χ1v) is 7.65. The van der Waals surface area contributed by atoms with E-state index < -0.39 is 0 Å². The number of hydrogen-bond donors (Lipinski definition) is 1. The predicted octanol–water partition coefficient (Wildman–Crippen LogP) is 2.84. The van der Waals surface area contributed by atoms with Crippen LogP contribution in [0, 0.1) is 13.8 Å². The topological polar surface area (TPSA) is 32.7 Å². The molecule has 0 spiro atoms. The van der Waals surface area contributed by atoms with Crippen LogP contribution < -0.4 is 0 Å². The molecule has 112 valence electrons. The Balaban J connectivity index is 2.04. The molecule has 0 aliphatic carbocycles. The summed E-state index contributed by atoms with van der Waals surface area (Å²) in [7, 11) is 0. The highest BCUT2D eigenvalue weighted by atomic mass is 16.5. The lowest BCUT2D eigenvalue weighted by molar-refractivity contribution is -0.0607. The zero-order valence-electron chi connectivity index (χ0n) is 12.9. The first-order chi connectivity index (χ1) is 9.61. The summed E-state index contributed by atoms with van der Waals surface area (Å²) in [5, 5.41) is 8.92. The lowest BCUT2D eigenvalue weighted by Gasteiger charge is -2.38. The van der Waals surface area contributed by atoms with Crippen molar-refractivity contribution in [1.29, 1.82) is 0 Å². The van der Waals surface area contributed by atoms with Crippen LogP contribution in [0.3, 0.4) is 0 Å². The lowest BCUT2D eigenvalue weighted by atomic mass is 9.98. The minimum Gasteiger partial charge on any atom is -0.396 e. The predicted molar refractivity (Wildman–Crippen MR) is 82.0 cm³/mol. The fraction of sp³-hybridized carbons (Fsp3) is 0.647. The number of rotatable bonds is 5. The standard InChI is InChI=1S/C17H27NO2/c1-13-6-7-14(2)16(10-13)17-11-18(8-4-5-9-19)15(3)12-20-17/h6-7,10,15,17,19H,4-5,8-9,11-12H2,1-3H3. The molecular weight excluding hydrogens is 250 g/mol. The van der Waals surface area contributed by atoms with Crippen LogP contribution in [0.25, 0.3) is 0 Å². The Labute approximate surface area is 122 Å². The number of hydrogen-bond acceptors (Lipinski definition) is 3. The van der Waals surface area contributed by atoms with Gasteiger partial charge in [-0.05, 0) is 51.3 Å². The molecule has 1 N–H and O–H groups in total. The van der Waals surface area contributed by atoms with Gasteiger partial charge in [0.25, 0.3) is 0 Å². The van der Waals surface area contributed by atoms with Crippen molar-refractivity contribution in [2.45, 2.75) is 45.8 Å². The van der Waals surface area contributed by atoms with Gasteiger partial charge in [-0.25, -0.2) is 0 Å². The Morgan fingerprint density at radius 1 is 1.30 bits per heavy atom. The summed E-state index contributed by atoms with van der Waals surface area (Å²) in [6, 6.07) is 7.06. The van der Waals surface area contributed by atoms with E-state index in [1.54, 1.807) is 0 Å². The second-order valence-corrected chi connectivity index (χ2v) is 5.96. The largest absolute Gasteiger partial charge is 0.396 e. The van der Waals surface area contributed by atoms with Crippen molar-refractivity contribution in [2.75, 3.05) is 26.3 Å². The average molecular weight is 277 g/mol. The number of aliphatic hydroxyl groups is 1. The molecule has 1 saturated heterocycles. The number of morpholine rings is 1. The van der Waals surface area contributed by atoms with Gasteiger partial charge in [-0.15, -0.1) is 0 Å². The first-order valence-electron chi connectivity index (χ1n) is 7.65. The highest BCUT2D eigenvalue weighted by Gasteiger charge is 2.27. The second kappa shape index (κ2) is 7.21. The van der Waals surface area contributed by atoms with Crippen LogP contribution in [0.1, 0.15) is 42.6 Å². The zero-order chi connectivity index (χ0) is 14.5. The molecule has 20 heavy (non-hydrogen) atoms. The molecule has 0 saturated carbocycles. The maximum absolute atomic E-state index is 8.92. The molecule has 1 fully saturated rings. The summed E-state index contributed by atoms with van der Waals surface area (Å²) in [6.07, 6.45) is 2.12. The van der Waals surface area contributed by atoms with Crippen molar-refractivity contribution in [2.24, 2.45) is 0 Å². The van der Waals surface area contributed by atoms with Crippen LogP contribution in [0.4, 0.5) is 0 Å². The van der Waals surface area contributed by atoms with Crippen molar-refractivity contribution in [1.82, 2.24) is 4.90 Å². The molecule has 1 aliphatic heterocycles. The Morgan fingerprint density at radius 2 is 2.10 bits per heavy atom. The van der Waals surface area contributed by atoms with Crippen LogP contribution in [-0.2, 0) is 4.74 Å². The number of aryl methyl sites for hydroxylation is 2. The number of ether oxygens (including phenoxy) is 1. The van der Waals surface area contributed by atoms with E-state index >= 15 is 0 Å². The molecule has 0 radical (unpaired) electrons. The van der Waals surface area contributed by atoms with E-state index in [0.29, 0.717) is 12.6 Å². The third-order valence-electron chi connectivity index (χ3n) is 4.20. The number of benzene rings is 1. The van der Waals surface area contributed by atoms with E-state index in [9.17, 15) is 0 Å². The third kappa shape index (κ3) is 3.81. The van der Waals surface area contributed by atoms with Crippen LogP contribution >= 0.6 is 0 Å². The Morgan fingerprint density at radius 3 is 2.85 bits per heavy atom. The van der Waals surface area contributed by atoms with Gasteiger partial charge < -0.3 is 9.84 Å². The molecular formula is C17H27NO2. The number of aliphatic hydroxyl groups excluding tert-OH is 1. The van der Waals surface area contributed by atoms with Gasteiger partial charge in [-0.1, -0.05) is 23.8 Å². The highest BCUT2D eigenvalue weighted by Crippen LogP contribution is 2.28. The third-order valence-corrected chi connectivity index (χ3v) is 4.20. The van der Waals surface area contributed by atoms with Crippen LogP contribution in [-0.4, -0.2) is 42.4 Å². The van der Waals surface area contributed by atoms with Crippen LogP contribution in [0.5, 0.6) is 0 Å². The molecule has 1 aromatic rings. The molecule has 3 heteroatoms. The Bertz CT molecular complexity index is 433. The summed E-state index contributed by atoms with van der Waals surface area (Å²) >= 11 is 0. The highest BCUT2D eigenvalue weighted by molar-refractivity contribution is 5.32. The van der Waals surface area contributed by atoms with E-state index in [4.69, 9.17) is 9.84 Å². The van der Waals surface area contributed by atoms with Crippen molar-refractivity contribution < 1.29 is 9.84 Å². The number of unbranched alkanes of at least 4 members (excludes halogenated alkanes) is 1. The molecule has 0 amide bonds. The van der Waals surface area contributed by atoms with E-state index in [1.807, 2.05) is 0 Å². The Kier molecular flexibility index (Phi) is 5.58. The molecule has 3 nitrogen and oxygen atoms in total. The molecule has 1 aliphatic rings. The van der Waals surface area contributed by atoms with Gasteiger partial charge in [-0.3, -0.25) is 4.90 Å². The molecule has 1 aromatic carbocycles.